The van der Waals surface area contributed by atoms with E-state index in [2.05, 4.69) is 15.4 Å². The first-order chi connectivity index (χ1) is 14.4. The van der Waals surface area contributed by atoms with Crippen LogP contribution in [0.2, 0.25) is 0 Å². The van der Waals surface area contributed by atoms with Crippen LogP contribution in [0.5, 0.6) is 0 Å². The molecule has 2 aromatic carbocycles. The number of thioether (sulfide) groups is 1. The molecule has 0 aliphatic rings. The van der Waals surface area contributed by atoms with E-state index >= 15 is 0 Å². The van der Waals surface area contributed by atoms with Crippen LogP contribution in [0, 0.1) is 10.1 Å². The number of benzene rings is 2. The predicted octanol–water partition coefficient (Wildman–Crippen LogP) is 1.93. The lowest BCUT2D eigenvalue weighted by molar-refractivity contribution is -0.387. The average Bonchev–Trinajstić information content (AvgIpc) is 3.25. The van der Waals surface area contributed by atoms with Crippen molar-refractivity contribution in [2.75, 3.05) is 5.75 Å². The van der Waals surface area contributed by atoms with Gasteiger partial charge in [-0.15, -0.1) is 11.8 Å². The number of primary amides is 1. The molecule has 1 heterocycles. The van der Waals surface area contributed by atoms with Crippen LogP contribution in [-0.2, 0) is 11.3 Å². The van der Waals surface area contributed by atoms with Crippen molar-refractivity contribution in [2.24, 2.45) is 5.73 Å². The van der Waals surface area contributed by atoms with Gasteiger partial charge >= 0.3 is 0 Å². The summed E-state index contributed by atoms with van der Waals surface area (Å²) in [5.41, 5.74) is 5.83. The highest BCUT2D eigenvalue weighted by Gasteiger charge is 2.20. The Morgan fingerprint density at radius 3 is 2.63 bits per heavy atom. The van der Waals surface area contributed by atoms with Crippen LogP contribution in [-0.4, -0.2) is 37.3 Å². The van der Waals surface area contributed by atoms with E-state index in [1.807, 2.05) is 30.3 Å². The van der Waals surface area contributed by atoms with Gasteiger partial charge < -0.3 is 11.1 Å². The summed E-state index contributed by atoms with van der Waals surface area (Å²) in [6.07, 6.45) is 2.97. The summed E-state index contributed by atoms with van der Waals surface area (Å²) in [7, 11) is 0. The molecular weight excluding hydrogens is 408 g/mol. The molecule has 0 fully saturated rings. The minimum Gasteiger partial charge on any atom is -0.366 e. The highest BCUT2D eigenvalue weighted by atomic mass is 32.2. The average molecular weight is 426 g/mol. The number of amides is 2. The molecule has 10 nitrogen and oxygen atoms in total. The molecule has 154 valence electrons. The second-order valence-corrected chi connectivity index (χ2v) is 7.26. The highest BCUT2D eigenvalue weighted by Crippen LogP contribution is 2.30. The number of carbonyl (C=O) groups excluding carboxylic acids is 2. The highest BCUT2D eigenvalue weighted by molar-refractivity contribution is 8.00. The van der Waals surface area contributed by atoms with Gasteiger partial charge in [-0.1, -0.05) is 30.3 Å². The number of nitrogens with one attached hydrogen (secondary N) is 1. The fourth-order valence-corrected chi connectivity index (χ4v) is 3.56. The molecule has 11 heteroatoms. The van der Waals surface area contributed by atoms with Crippen LogP contribution in [0.1, 0.15) is 22.0 Å². The molecule has 0 radical (unpaired) electrons. The molecule has 0 aliphatic carbocycles. The van der Waals surface area contributed by atoms with Crippen LogP contribution in [0.3, 0.4) is 0 Å². The second-order valence-electron chi connectivity index (χ2n) is 6.24. The maximum absolute atomic E-state index is 12.6. The molecule has 0 saturated heterocycles. The molecule has 3 N–H and O–H groups in total. The van der Waals surface area contributed by atoms with E-state index in [4.69, 9.17) is 5.73 Å². The van der Waals surface area contributed by atoms with Crippen molar-refractivity contribution in [1.29, 1.82) is 0 Å². The normalized spacial score (nSPS) is 11.6. The molecule has 30 heavy (non-hydrogen) atoms. The molecular formula is C19H18N6O4S. The lowest BCUT2D eigenvalue weighted by atomic mass is 10.1. The number of nitro benzene ring substituents is 1. The van der Waals surface area contributed by atoms with E-state index in [1.165, 1.54) is 18.5 Å². The van der Waals surface area contributed by atoms with Gasteiger partial charge in [-0.3, -0.25) is 24.4 Å². The lowest BCUT2D eigenvalue weighted by Gasteiger charge is -2.19. The van der Waals surface area contributed by atoms with E-state index in [1.54, 1.807) is 11.0 Å². The summed E-state index contributed by atoms with van der Waals surface area (Å²) in [6.45, 7) is 0.383. The van der Waals surface area contributed by atoms with Crippen LogP contribution in [0.15, 0.2) is 66.1 Å². The Balaban J connectivity index is 1.70. The number of nitrogens with two attached hydrogens (primary N) is 1. The second kappa shape index (κ2) is 9.65. The van der Waals surface area contributed by atoms with Crippen molar-refractivity contribution in [3.8, 4) is 0 Å². The number of carbonyl (C=O) groups is 2. The van der Waals surface area contributed by atoms with E-state index < -0.39 is 10.8 Å². The fraction of sp³-hybridized carbons (Fsp3) is 0.158. The van der Waals surface area contributed by atoms with Gasteiger partial charge in [-0.2, -0.15) is 5.10 Å². The summed E-state index contributed by atoms with van der Waals surface area (Å²) >= 11 is 1.01. The quantitative estimate of drug-likeness (QED) is 0.302. The first-order valence-electron chi connectivity index (χ1n) is 8.82. The number of aromatic nitrogens is 3. The maximum Gasteiger partial charge on any atom is 0.283 e. The number of nitrogens with zero attached hydrogens (tertiary/aromatic N) is 4. The Morgan fingerprint density at radius 2 is 2.00 bits per heavy atom. The van der Waals surface area contributed by atoms with Gasteiger partial charge in [0, 0.05) is 11.6 Å². The van der Waals surface area contributed by atoms with E-state index in [0.717, 1.165) is 23.4 Å². The molecule has 0 spiro atoms. The molecule has 3 aromatic rings. The Bertz CT molecular complexity index is 1040. The Hall–Kier alpha value is -3.73. The smallest absolute Gasteiger partial charge is 0.283 e. The Kier molecular flexibility index (Phi) is 6.75. The standard InChI is InChI=1S/C19H18N6O4S/c20-19(27)14-6-7-17(16(8-14)25(28)29)30-10-18(26)23-15(9-24-12-21-11-22-24)13-4-2-1-3-5-13/h1-8,11-12,15H,9-10H2,(H2,20,27)(H,23,26). The largest absolute Gasteiger partial charge is 0.366 e. The monoisotopic (exact) mass is 426 g/mol. The Labute approximate surface area is 175 Å². The van der Waals surface area contributed by atoms with Crippen molar-refractivity contribution >= 4 is 29.3 Å². The molecule has 0 aliphatic heterocycles. The number of nitro groups is 1. The van der Waals surface area contributed by atoms with Crippen molar-refractivity contribution in [3.05, 3.63) is 82.4 Å². The molecule has 3 rings (SSSR count). The van der Waals surface area contributed by atoms with Crippen molar-refractivity contribution in [1.82, 2.24) is 20.1 Å². The van der Waals surface area contributed by atoms with E-state index in [-0.39, 0.29) is 33.8 Å². The van der Waals surface area contributed by atoms with Gasteiger partial charge in [0.05, 0.1) is 28.2 Å². The van der Waals surface area contributed by atoms with Crippen molar-refractivity contribution in [2.45, 2.75) is 17.5 Å². The third-order valence-electron chi connectivity index (χ3n) is 4.17. The first-order valence-corrected chi connectivity index (χ1v) is 9.80. The molecule has 1 unspecified atom stereocenters. The fourth-order valence-electron chi connectivity index (χ4n) is 2.75. The van der Waals surface area contributed by atoms with Gasteiger partial charge in [0.25, 0.3) is 5.69 Å². The summed E-state index contributed by atoms with van der Waals surface area (Å²) in [5, 5.41) is 18.3. The van der Waals surface area contributed by atoms with Gasteiger partial charge in [0.15, 0.2) is 0 Å². The summed E-state index contributed by atoms with van der Waals surface area (Å²) < 4.78 is 1.61. The van der Waals surface area contributed by atoms with Gasteiger partial charge in [-0.05, 0) is 17.7 Å². The molecule has 0 saturated carbocycles. The summed E-state index contributed by atoms with van der Waals surface area (Å²) in [5.74, 6) is -1.11. The van der Waals surface area contributed by atoms with Crippen molar-refractivity contribution in [3.63, 3.8) is 0 Å². The van der Waals surface area contributed by atoms with Gasteiger partial charge in [0.2, 0.25) is 11.8 Å². The molecule has 0 bridgehead atoms. The molecule has 1 aromatic heterocycles. The van der Waals surface area contributed by atoms with E-state index in [9.17, 15) is 19.7 Å². The SMILES string of the molecule is NC(=O)c1ccc(SCC(=O)NC(Cn2cncn2)c2ccccc2)c([N+](=O)[O-])c1. The molecule has 1 atom stereocenters. The van der Waals surface area contributed by atoms with Crippen LogP contribution in [0.25, 0.3) is 0 Å². The third kappa shape index (κ3) is 5.41. The van der Waals surface area contributed by atoms with Crippen LogP contribution < -0.4 is 11.1 Å². The first kappa shape index (κ1) is 21.0. The van der Waals surface area contributed by atoms with Gasteiger partial charge in [-0.25, -0.2) is 4.98 Å². The zero-order valence-corrected chi connectivity index (χ0v) is 16.5. The van der Waals surface area contributed by atoms with Gasteiger partial charge in [0.1, 0.15) is 12.7 Å². The predicted molar refractivity (Wildman–Crippen MR) is 110 cm³/mol. The number of hydrogen-bond acceptors (Lipinski definition) is 7. The summed E-state index contributed by atoms with van der Waals surface area (Å²) in [4.78, 5) is 38.7. The number of hydrogen-bond donors (Lipinski definition) is 2. The third-order valence-corrected chi connectivity index (χ3v) is 5.24. The minimum absolute atomic E-state index is 0.0347. The maximum atomic E-state index is 12.6. The Morgan fingerprint density at radius 1 is 1.23 bits per heavy atom. The zero-order valence-electron chi connectivity index (χ0n) is 15.7. The van der Waals surface area contributed by atoms with Crippen LogP contribution >= 0.6 is 11.8 Å². The number of rotatable bonds is 9. The van der Waals surface area contributed by atoms with Crippen molar-refractivity contribution < 1.29 is 14.5 Å². The summed E-state index contributed by atoms with van der Waals surface area (Å²) in [6, 6.07) is 13.0. The minimum atomic E-state index is -0.758. The molecule has 2 amide bonds. The zero-order chi connectivity index (χ0) is 21.5. The lowest BCUT2D eigenvalue weighted by Crippen LogP contribution is -2.32. The van der Waals surface area contributed by atoms with Crippen LogP contribution in [0.4, 0.5) is 5.69 Å². The topological polar surface area (TPSA) is 146 Å². The van der Waals surface area contributed by atoms with E-state index in [0.29, 0.717) is 6.54 Å².